The largest absolute Gasteiger partial charge is 0.481 e. The van der Waals surface area contributed by atoms with E-state index in [1.165, 1.54) is 6.92 Å². The number of carboxylic acids is 2. The van der Waals surface area contributed by atoms with Crippen LogP contribution in [-0.2, 0) is 28.8 Å². The minimum Gasteiger partial charge on any atom is -0.481 e. The number of benzene rings is 2. The Kier molecular flexibility index (Phi) is 14.7. The van der Waals surface area contributed by atoms with Gasteiger partial charge in [-0.15, -0.1) is 0 Å². The molecule has 0 aromatic heterocycles. The van der Waals surface area contributed by atoms with E-state index in [9.17, 15) is 39.0 Å². The average Bonchev–Trinajstić information content (AvgIpc) is 3.05. The highest BCUT2D eigenvalue weighted by atomic mass is 32.1. The zero-order valence-electron chi connectivity index (χ0n) is 26.4. The van der Waals surface area contributed by atoms with E-state index in [0.29, 0.717) is 0 Å². The van der Waals surface area contributed by atoms with Crippen LogP contribution in [-0.4, -0.2) is 75.7 Å². The highest BCUT2D eigenvalue weighted by Crippen LogP contribution is 2.29. The van der Waals surface area contributed by atoms with Gasteiger partial charge in [-0.05, 0) is 29.9 Å². The van der Waals surface area contributed by atoms with Gasteiger partial charge in [0.05, 0.1) is 0 Å². The Hall–Kier alpha value is -4.39. The van der Waals surface area contributed by atoms with Crippen LogP contribution in [0, 0.1) is 5.92 Å². The highest BCUT2D eigenvalue weighted by Gasteiger charge is 2.36. The SMILES string of the molecule is CC(=O)N[C@H](C(=O)N[C@@H](CCC(=O)O)C(=O)N[C@@H](CC1CCCCC1)C(=O)N[C@@H](CS)C(=O)O)C(c1ccccc1)c1ccccc1. The molecule has 2 aromatic rings. The lowest BCUT2D eigenvalue weighted by Gasteiger charge is -2.31. The van der Waals surface area contributed by atoms with Crippen LogP contribution in [0.5, 0.6) is 0 Å². The first-order valence-corrected chi connectivity index (χ1v) is 16.5. The van der Waals surface area contributed by atoms with Crippen LogP contribution in [0.3, 0.4) is 0 Å². The second kappa shape index (κ2) is 18.7. The maximum atomic E-state index is 14.0. The molecule has 47 heavy (non-hydrogen) atoms. The van der Waals surface area contributed by atoms with E-state index >= 15 is 0 Å². The number of carbonyl (C=O) groups excluding carboxylic acids is 4. The second-order valence-corrected chi connectivity index (χ2v) is 12.2. The summed E-state index contributed by atoms with van der Waals surface area (Å²) in [7, 11) is 0. The summed E-state index contributed by atoms with van der Waals surface area (Å²) in [6.45, 7) is 1.27. The van der Waals surface area contributed by atoms with Crippen LogP contribution < -0.4 is 21.3 Å². The first-order chi connectivity index (χ1) is 22.5. The number of hydrogen-bond donors (Lipinski definition) is 7. The molecule has 6 N–H and O–H groups in total. The van der Waals surface area contributed by atoms with Crippen molar-refractivity contribution in [3.63, 3.8) is 0 Å². The molecule has 13 heteroatoms. The molecule has 1 fully saturated rings. The van der Waals surface area contributed by atoms with Gasteiger partial charge in [-0.2, -0.15) is 12.6 Å². The minimum absolute atomic E-state index is 0.104. The fraction of sp³-hybridized carbons (Fsp3) is 0.471. The van der Waals surface area contributed by atoms with Crippen molar-refractivity contribution < 1.29 is 39.0 Å². The number of carbonyl (C=O) groups is 6. The molecule has 3 rings (SSSR count). The van der Waals surface area contributed by atoms with Gasteiger partial charge >= 0.3 is 11.9 Å². The van der Waals surface area contributed by atoms with Crippen molar-refractivity contribution in [2.45, 2.75) is 88.4 Å². The van der Waals surface area contributed by atoms with Gasteiger partial charge in [0.15, 0.2) is 0 Å². The first kappa shape index (κ1) is 37.1. The molecule has 0 spiro atoms. The van der Waals surface area contributed by atoms with Gasteiger partial charge in [-0.25, -0.2) is 4.79 Å². The summed E-state index contributed by atoms with van der Waals surface area (Å²) in [6.07, 6.45) is 4.15. The second-order valence-electron chi connectivity index (χ2n) is 11.9. The molecule has 0 saturated heterocycles. The Morgan fingerprint density at radius 1 is 0.723 bits per heavy atom. The summed E-state index contributed by atoms with van der Waals surface area (Å²) < 4.78 is 0. The third-order valence-electron chi connectivity index (χ3n) is 8.30. The van der Waals surface area contributed by atoms with Crippen LogP contribution in [0.25, 0.3) is 0 Å². The van der Waals surface area contributed by atoms with Crippen LogP contribution in [0.2, 0.25) is 0 Å². The van der Waals surface area contributed by atoms with E-state index < -0.39 is 72.1 Å². The van der Waals surface area contributed by atoms with Crippen molar-refractivity contribution in [2.24, 2.45) is 5.92 Å². The Morgan fingerprint density at radius 2 is 1.23 bits per heavy atom. The number of amides is 4. The lowest BCUT2D eigenvalue weighted by molar-refractivity contribution is -0.141. The minimum atomic E-state index is -1.39. The Balaban J connectivity index is 1.92. The van der Waals surface area contributed by atoms with Gasteiger partial charge in [0.2, 0.25) is 23.6 Å². The fourth-order valence-electron chi connectivity index (χ4n) is 5.93. The topological polar surface area (TPSA) is 191 Å². The highest BCUT2D eigenvalue weighted by molar-refractivity contribution is 7.80. The quantitative estimate of drug-likeness (QED) is 0.125. The number of aliphatic carboxylic acids is 2. The number of carboxylic acid groups (broad SMARTS) is 2. The van der Waals surface area contributed by atoms with Crippen LogP contribution in [0.4, 0.5) is 0 Å². The van der Waals surface area contributed by atoms with Crippen LogP contribution in [0.15, 0.2) is 60.7 Å². The van der Waals surface area contributed by atoms with E-state index in [4.69, 9.17) is 0 Å². The van der Waals surface area contributed by atoms with Gasteiger partial charge < -0.3 is 31.5 Å². The van der Waals surface area contributed by atoms with Gasteiger partial charge in [0.25, 0.3) is 0 Å². The van der Waals surface area contributed by atoms with E-state index in [1.54, 1.807) is 24.3 Å². The summed E-state index contributed by atoms with van der Waals surface area (Å²) in [4.78, 5) is 76.6. The summed E-state index contributed by atoms with van der Waals surface area (Å²) in [6, 6.07) is 13.1. The van der Waals surface area contributed by atoms with E-state index in [0.717, 1.165) is 43.2 Å². The lowest BCUT2D eigenvalue weighted by Crippen LogP contribution is -2.59. The van der Waals surface area contributed by atoms with Gasteiger partial charge in [-0.3, -0.25) is 24.0 Å². The predicted molar refractivity (Wildman–Crippen MR) is 178 cm³/mol. The first-order valence-electron chi connectivity index (χ1n) is 15.8. The molecule has 1 aliphatic carbocycles. The molecule has 0 bridgehead atoms. The zero-order valence-corrected chi connectivity index (χ0v) is 27.3. The average molecular weight is 669 g/mol. The monoisotopic (exact) mass is 668 g/mol. The maximum Gasteiger partial charge on any atom is 0.327 e. The van der Waals surface area contributed by atoms with Gasteiger partial charge in [0, 0.05) is 25.0 Å². The zero-order chi connectivity index (χ0) is 34.3. The van der Waals surface area contributed by atoms with Gasteiger partial charge in [-0.1, -0.05) is 92.8 Å². The van der Waals surface area contributed by atoms with Crippen molar-refractivity contribution in [1.29, 1.82) is 0 Å². The standard InChI is InChI=1S/C34H44N4O8S/c1-21(39)35-30(29(23-13-7-3-8-14-23)24-15-9-4-10-16-24)33(44)36-25(17-18-28(40)41)31(42)37-26(19-22-11-5-2-6-12-22)32(43)38-27(20-47)34(45)46/h3-4,7-10,13-16,22,25-27,29-30,47H,2,5-6,11-12,17-20H2,1H3,(H,35,39)(H,36,44)(H,37,42)(H,38,43)(H,40,41)(H,45,46)/t25-,26-,27-,30-/m0/s1. The van der Waals surface area contributed by atoms with Gasteiger partial charge in [0.1, 0.15) is 24.2 Å². The van der Waals surface area contributed by atoms with Crippen molar-refractivity contribution in [2.75, 3.05) is 5.75 Å². The van der Waals surface area contributed by atoms with Crippen LogP contribution >= 0.6 is 12.6 Å². The van der Waals surface area contributed by atoms with E-state index in [1.807, 2.05) is 36.4 Å². The molecule has 0 aliphatic heterocycles. The molecule has 0 radical (unpaired) electrons. The molecule has 2 aromatic carbocycles. The number of hydrogen-bond acceptors (Lipinski definition) is 7. The fourth-order valence-corrected chi connectivity index (χ4v) is 6.18. The van der Waals surface area contributed by atoms with E-state index in [-0.39, 0.29) is 24.5 Å². The van der Waals surface area contributed by atoms with Crippen molar-refractivity contribution in [3.05, 3.63) is 71.8 Å². The number of thiol groups is 1. The molecule has 0 unspecified atom stereocenters. The summed E-state index contributed by atoms with van der Waals surface area (Å²) in [5.41, 5.74) is 1.45. The Labute approximate surface area is 279 Å². The molecule has 0 heterocycles. The molecule has 12 nitrogen and oxygen atoms in total. The molecule has 4 atom stereocenters. The summed E-state index contributed by atoms with van der Waals surface area (Å²) in [5, 5.41) is 29.3. The molecule has 1 aliphatic rings. The third-order valence-corrected chi connectivity index (χ3v) is 8.66. The van der Waals surface area contributed by atoms with Crippen molar-refractivity contribution in [3.8, 4) is 0 Å². The Morgan fingerprint density at radius 3 is 1.72 bits per heavy atom. The van der Waals surface area contributed by atoms with Crippen molar-refractivity contribution in [1.82, 2.24) is 21.3 Å². The number of rotatable bonds is 17. The maximum absolute atomic E-state index is 14.0. The molecular weight excluding hydrogens is 624 g/mol. The smallest absolute Gasteiger partial charge is 0.327 e. The predicted octanol–water partition coefficient (Wildman–Crippen LogP) is 2.63. The van der Waals surface area contributed by atoms with Crippen molar-refractivity contribution >= 4 is 48.2 Å². The van der Waals surface area contributed by atoms with E-state index in [2.05, 4.69) is 33.9 Å². The summed E-state index contributed by atoms with van der Waals surface area (Å²) >= 11 is 4.01. The molecule has 4 amide bonds. The molecule has 254 valence electrons. The Bertz CT molecular complexity index is 1330. The molecule has 1 saturated carbocycles. The summed E-state index contributed by atoms with van der Waals surface area (Å²) in [5.74, 6) is -5.93. The third kappa shape index (κ3) is 11.7. The lowest BCUT2D eigenvalue weighted by atomic mass is 9.84. The normalized spacial score (nSPS) is 15.8. The molecular formula is C34H44N4O8S. The number of nitrogens with one attached hydrogen (secondary N) is 4. The van der Waals surface area contributed by atoms with Crippen LogP contribution in [0.1, 0.15) is 75.3 Å².